The van der Waals surface area contributed by atoms with Crippen LogP contribution in [-0.4, -0.2) is 15.2 Å². The lowest BCUT2D eigenvalue weighted by atomic mass is 10.2. The molecule has 0 bridgehead atoms. The number of rotatable bonds is 4. The summed E-state index contributed by atoms with van der Waals surface area (Å²) < 4.78 is 5.77. The Morgan fingerprint density at radius 2 is 2.05 bits per heavy atom. The predicted molar refractivity (Wildman–Crippen MR) is 80.9 cm³/mol. The van der Waals surface area contributed by atoms with Crippen LogP contribution in [0.4, 0.5) is 5.13 Å². The van der Waals surface area contributed by atoms with Crippen LogP contribution in [0.15, 0.2) is 30.5 Å². The number of nitrogens with two attached hydrogens (primary N) is 1. The summed E-state index contributed by atoms with van der Waals surface area (Å²) in [6.45, 7) is 2.47. The molecular weight excluding hydrogens is 292 g/mol. The normalized spacial score (nSPS) is 10.7. The molecule has 3 rings (SSSR count). The second-order valence-corrected chi connectivity index (χ2v) is 6.24. The van der Waals surface area contributed by atoms with Crippen molar-refractivity contribution < 1.29 is 4.74 Å². The van der Waals surface area contributed by atoms with E-state index in [0.717, 1.165) is 26.2 Å². The van der Waals surface area contributed by atoms with Gasteiger partial charge in [0.05, 0.1) is 4.88 Å². The van der Waals surface area contributed by atoms with Crippen molar-refractivity contribution in [2.45, 2.75) is 13.5 Å². The van der Waals surface area contributed by atoms with Crippen LogP contribution in [0.3, 0.4) is 0 Å². The molecule has 3 aromatic rings. The Kier molecular flexibility index (Phi) is 3.62. The first-order valence-electron chi connectivity index (χ1n) is 5.95. The van der Waals surface area contributed by atoms with Gasteiger partial charge < -0.3 is 10.5 Å². The number of para-hydroxylation sites is 1. The third-order valence-corrected chi connectivity index (χ3v) is 4.54. The second kappa shape index (κ2) is 5.56. The zero-order valence-corrected chi connectivity index (χ0v) is 12.4. The van der Waals surface area contributed by atoms with Gasteiger partial charge in [0, 0.05) is 6.20 Å². The highest BCUT2D eigenvalue weighted by Crippen LogP contribution is 2.30. The molecule has 1 aromatic carbocycles. The minimum absolute atomic E-state index is 0.448. The summed E-state index contributed by atoms with van der Waals surface area (Å²) in [5.41, 5.74) is 6.69. The highest BCUT2D eigenvalue weighted by atomic mass is 32.1. The number of anilines is 1. The number of thiazole rings is 1. The molecule has 0 saturated heterocycles. The van der Waals surface area contributed by atoms with Gasteiger partial charge in [-0.2, -0.15) is 0 Å². The first-order valence-corrected chi connectivity index (χ1v) is 7.58. The Hall–Kier alpha value is -1.99. The van der Waals surface area contributed by atoms with Crippen molar-refractivity contribution in [3.05, 3.63) is 41.0 Å². The first-order chi connectivity index (χ1) is 9.72. The highest BCUT2D eigenvalue weighted by molar-refractivity contribution is 7.23. The summed E-state index contributed by atoms with van der Waals surface area (Å²) in [5.74, 6) is 0.879. The molecule has 5 nitrogen and oxygen atoms in total. The second-order valence-electron chi connectivity index (χ2n) is 4.12. The molecule has 0 spiro atoms. The van der Waals surface area contributed by atoms with E-state index in [4.69, 9.17) is 10.5 Å². The van der Waals surface area contributed by atoms with Crippen molar-refractivity contribution in [2.75, 3.05) is 5.73 Å². The van der Waals surface area contributed by atoms with Crippen LogP contribution >= 0.6 is 22.7 Å². The van der Waals surface area contributed by atoms with Crippen LogP contribution < -0.4 is 10.5 Å². The molecule has 0 unspecified atom stereocenters. The molecule has 0 amide bonds. The van der Waals surface area contributed by atoms with Crippen LogP contribution in [0.1, 0.15) is 10.6 Å². The van der Waals surface area contributed by atoms with E-state index in [-0.39, 0.29) is 0 Å². The lowest BCUT2D eigenvalue weighted by Crippen LogP contribution is -1.95. The quantitative estimate of drug-likeness (QED) is 0.801. The number of benzene rings is 1. The molecule has 2 heterocycles. The Labute approximate surface area is 124 Å². The molecule has 20 heavy (non-hydrogen) atoms. The van der Waals surface area contributed by atoms with Gasteiger partial charge >= 0.3 is 0 Å². The largest absolute Gasteiger partial charge is 0.486 e. The fourth-order valence-corrected chi connectivity index (χ4v) is 3.14. The van der Waals surface area contributed by atoms with Crippen LogP contribution in [0.5, 0.6) is 5.75 Å². The summed E-state index contributed by atoms with van der Waals surface area (Å²) in [4.78, 5) is 5.30. The van der Waals surface area contributed by atoms with Gasteiger partial charge in [-0.15, -0.1) is 21.5 Å². The smallest absolute Gasteiger partial charge is 0.203 e. The fraction of sp³-hybridized carbons (Fsp3) is 0.154. The molecule has 0 radical (unpaired) electrons. The molecule has 0 saturated carbocycles. The van der Waals surface area contributed by atoms with E-state index in [0.29, 0.717) is 11.7 Å². The van der Waals surface area contributed by atoms with Crippen molar-refractivity contribution in [2.24, 2.45) is 0 Å². The molecule has 0 atom stereocenters. The molecule has 2 aromatic heterocycles. The summed E-state index contributed by atoms with van der Waals surface area (Å²) in [6, 6.07) is 7.92. The van der Waals surface area contributed by atoms with Gasteiger partial charge in [0.1, 0.15) is 17.4 Å². The standard InChI is InChI=1S/C13H12N4OS2/c1-8-4-2-3-5-9(8)18-7-11-15-6-10(19-11)12-16-17-13(14)20-12/h2-6H,7H2,1H3,(H2,14,17). The Morgan fingerprint density at radius 1 is 1.20 bits per heavy atom. The maximum absolute atomic E-state index is 5.77. The number of ether oxygens (including phenoxy) is 1. The molecule has 0 aliphatic carbocycles. The van der Waals surface area contributed by atoms with Crippen molar-refractivity contribution in [3.8, 4) is 15.6 Å². The average molecular weight is 304 g/mol. The first kappa shape index (κ1) is 13.0. The topological polar surface area (TPSA) is 73.9 Å². The minimum Gasteiger partial charge on any atom is -0.486 e. The van der Waals surface area contributed by atoms with Crippen LogP contribution in [0.25, 0.3) is 9.88 Å². The Bertz CT molecular complexity index is 722. The third kappa shape index (κ3) is 2.78. The van der Waals surface area contributed by atoms with Crippen LogP contribution in [0.2, 0.25) is 0 Å². The van der Waals surface area contributed by atoms with Gasteiger partial charge in [-0.25, -0.2) is 4.98 Å². The van der Waals surface area contributed by atoms with E-state index in [1.54, 1.807) is 17.5 Å². The van der Waals surface area contributed by atoms with Crippen LogP contribution in [-0.2, 0) is 6.61 Å². The lowest BCUT2D eigenvalue weighted by molar-refractivity contribution is 0.303. The maximum Gasteiger partial charge on any atom is 0.203 e. The molecule has 7 heteroatoms. The summed E-state index contributed by atoms with van der Waals surface area (Å²) >= 11 is 2.90. The third-order valence-electron chi connectivity index (χ3n) is 2.65. The number of aromatic nitrogens is 3. The van der Waals surface area contributed by atoms with E-state index in [1.165, 1.54) is 11.3 Å². The molecule has 0 aliphatic heterocycles. The number of nitrogen functional groups attached to an aromatic ring is 1. The van der Waals surface area contributed by atoms with E-state index < -0.39 is 0 Å². The predicted octanol–water partition coefficient (Wildman–Crippen LogP) is 3.13. The maximum atomic E-state index is 5.77. The number of nitrogens with zero attached hydrogens (tertiary/aromatic N) is 3. The molecule has 0 aliphatic rings. The highest BCUT2D eigenvalue weighted by Gasteiger charge is 2.10. The van der Waals surface area contributed by atoms with Crippen molar-refractivity contribution in [3.63, 3.8) is 0 Å². The molecular formula is C13H12N4OS2. The minimum atomic E-state index is 0.448. The Morgan fingerprint density at radius 3 is 2.80 bits per heavy atom. The van der Waals surface area contributed by atoms with E-state index in [2.05, 4.69) is 15.2 Å². The summed E-state index contributed by atoms with van der Waals surface area (Å²) in [5, 5.41) is 9.96. The van der Waals surface area contributed by atoms with Gasteiger partial charge in [0.15, 0.2) is 5.01 Å². The van der Waals surface area contributed by atoms with E-state index in [1.807, 2.05) is 31.2 Å². The van der Waals surface area contributed by atoms with Gasteiger partial charge in [-0.3, -0.25) is 0 Å². The van der Waals surface area contributed by atoms with E-state index in [9.17, 15) is 0 Å². The monoisotopic (exact) mass is 304 g/mol. The van der Waals surface area contributed by atoms with Crippen molar-refractivity contribution in [1.82, 2.24) is 15.2 Å². The fourth-order valence-electron chi connectivity index (χ4n) is 1.67. The molecule has 0 fully saturated rings. The number of hydrogen-bond donors (Lipinski definition) is 1. The van der Waals surface area contributed by atoms with E-state index >= 15 is 0 Å². The zero-order valence-electron chi connectivity index (χ0n) is 10.7. The summed E-state index contributed by atoms with van der Waals surface area (Å²) in [6.07, 6.45) is 1.78. The Balaban J connectivity index is 1.70. The van der Waals surface area contributed by atoms with Gasteiger partial charge in [0.25, 0.3) is 0 Å². The average Bonchev–Trinajstić information content (AvgIpc) is 3.06. The van der Waals surface area contributed by atoms with Crippen molar-refractivity contribution in [1.29, 1.82) is 0 Å². The SMILES string of the molecule is Cc1ccccc1OCc1ncc(-c2nnc(N)s2)s1. The molecule has 2 N–H and O–H groups in total. The number of aryl methyl sites for hydroxylation is 1. The molecule has 102 valence electrons. The van der Waals surface area contributed by atoms with Crippen LogP contribution in [0, 0.1) is 6.92 Å². The number of hydrogen-bond acceptors (Lipinski definition) is 7. The van der Waals surface area contributed by atoms with Gasteiger partial charge in [-0.05, 0) is 18.6 Å². The van der Waals surface area contributed by atoms with Crippen molar-refractivity contribution >= 4 is 27.8 Å². The van der Waals surface area contributed by atoms with Gasteiger partial charge in [0.2, 0.25) is 5.13 Å². The lowest BCUT2D eigenvalue weighted by Gasteiger charge is -2.06. The summed E-state index contributed by atoms with van der Waals surface area (Å²) in [7, 11) is 0. The zero-order chi connectivity index (χ0) is 13.9. The van der Waals surface area contributed by atoms with Gasteiger partial charge in [-0.1, -0.05) is 29.5 Å².